The van der Waals surface area contributed by atoms with Gasteiger partial charge >= 0.3 is 0 Å². The van der Waals surface area contributed by atoms with E-state index in [-0.39, 0.29) is 11.7 Å². The highest BCUT2D eigenvalue weighted by atomic mass is 79.9. The molecule has 3 rings (SSSR count). The second-order valence-electron chi connectivity index (χ2n) is 5.51. The maximum absolute atomic E-state index is 13.0. The van der Waals surface area contributed by atoms with Crippen molar-refractivity contribution in [2.75, 3.05) is 0 Å². The number of benzene rings is 2. The predicted octanol–water partition coefficient (Wildman–Crippen LogP) is 4.59. The first-order valence-corrected chi connectivity index (χ1v) is 8.17. The lowest BCUT2D eigenvalue weighted by atomic mass is 9.95. The summed E-state index contributed by atoms with van der Waals surface area (Å²) in [6, 6.07) is 11.7. The molecule has 114 valence electrons. The molecular formula is C17H14BrClFNO. The molecule has 0 bridgehead atoms. The van der Waals surface area contributed by atoms with Crippen molar-refractivity contribution in [3.63, 3.8) is 0 Å². The Labute approximate surface area is 141 Å². The van der Waals surface area contributed by atoms with Gasteiger partial charge in [0.15, 0.2) is 0 Å². The Morgan fingerprint density at radius 2 is 1.91 bits per heavy atom. The molecule has 0 spiro atoms. The fourth-order valence-electron chi connectivity index (χ4n) is 2.55. The standard InChI is InChI=1S/C17H14BrClFNO/c18-13-4-1-11(15(19)9-13)10-21-16(22)17(7-8-17)12-2-5-14(20)6-3-12/h1-6,9H,7-8,10H2,(H,21,22). The first-order valence-electron chi connectivity index (χ1n) is 6.99. The van der Waals surface area contributed by atoms with Crippen LogP contribution in [0, 0.1) is 5.82 Å². The van der Waals surface area contributed by atoms with Crippen molar-refractivity contribution < 1.29 is 9.18 Å². The van der Waals surface area contributed by atoms with Crippen molar-refractivity contribution in [3.8, 4) is 0 Å². The lowest BCUT2D eigenvalue weighted by Crippen LogP contribution is -2.34. The number of rotatable bonds is 4. The summed E-state index contributed by atoms with van der Waals surface area (Å²) in [6.45, 7) is 0.383. The van der Waals surface area contributed by atoms with Crippen molar-refractivity contribution in [1.82, 2.24) is 5.32 Å². The van der Waals surface area contributed by atoms with Gasteiger partial charge < -0.3 is 5.32 Å². The number of amides is 1. The van der Waals surface area contributed by atoms with E-state index < -0.39 is 5.41 Å². The monoisotopic (exact) mass is 381 g/mol. The number of hydrogen-bond donors (Lipinski definition) is 1. The average molecular weight is 383 g/mol. The topological polar surface area (TPSA) is 29.1 Å². The van der Waals surface area contributed by atoms with Gasteiger partial charge in [0.2, 0.25) is 5.91 Å². The van der Waals surface area contributed by atoms with Crippen LogP contribution in [-0.2, 0) is 16.8 Å². The zero-order chi connectivity index (χ0) is 15.7. The van der Waals surface area contributed by atoms with Crippen LogP contribution in [0.5, 0.6) is 0 Å². The molecule has 0 radical (unpaired) electrons. The number of nitrogens with one attached hydrogen (secondary N) is 1. The van der Waals surface area contributed by atoms with E-state index in [1.165, 1.54) is 12.1 Å². The molecule has 0 aliphatic heterocycles. The second kappa shape index (κ2) is 6.01. The van der Waals surface area contributed by atoms with E-state index in [0.717, 1.165) is 28.4 Å². The van der Waals surface area contributed by atoms with Crippen molar-refractivity contribution in [2.45, 2.75) is 24.8 Å². The molecule has 0 unspecified atom stereocenters. The van der Waals surface area contributed by atoms with E-state index in [4.69, 9.17) is 11.6 Å². The zero-order valence-corrected chi connectivity index (χ0v) is 14.0. The maximum Gasteiger partial charge on any atom is 0.230 e. The maximum atomic E-state index is 13.0. The number of carbonyl (C=O) groups is 1. The zero-order valence-electron chi connectivity index (χ0n) is 11.7. The molecule has 5 heteroatoms. The lowest BCUT2D eigenvalue weighted by molar-refractivity contribution is -0.123. The lowest BCUT2D eigenvalue weighted by Gasteiger charge is -2.16. The van der Waals surface area contributed by atoms with E-state index in [2.05, 4.69) is 21.2 Å². The van der Waals surface area contributed by atoms with Crippen molar-refractivity contribution in [2.24, 2.45) is 0 Å². The van der Waals surface area contributed by atoms with Gasteiger partial charge in [-0.2, -0.15) is 0 Å². The molecule has 1 aliphatic carbocycles. The highest BCUT2D eigenvalue weighted by Crippen LogP contribution is 2.48. The summed E-state index contributed by atoms with van der Waals surface area (Å²) in [5.74, 6) is -0.320. The van der Waals surface area contributed by atoms with Gasteiger partial charge in [-0.1, -0.05) is 45.7 Å². The smallest absolute Gasteiger partial charge is 0.230 e. The summed E-state index contributed by atoms with van der Waals surface area (Å²) >= 11 is 9.51. The van der Waals surface area contributed by atoms with Crippen LogP contribution in [0.4, 0.5) is 4.39 Å². The SMILES string of the molecule is O=C(NCc1ccc(Br)cc1Cl)C1(c2ccc(F)cc2)CC1. The van der Waals surface area contributed by atoms with Crippen molar-refractivity contribution in [3.05, 3.63) is 68.9 Å². The summed E-state index contributed by atoms with van der Waals surface area (Å²) in [4.78, 5) is 12.5. The fraction of sp³-hybridized carbons (Fsp3) is 0.235. The Morgan fingerprint density at radius 1 is 1.23 bits per heavy atom. The molecule has 0 aromatic heterocycles. The summed E-state index contributed by atoms with van der Waals surface area (Å²) in [7, 11) is 0. The van der Waals surface area contributed by atoms with Gasteiger partial charge in [0, 0.05) is 16.0 Å². The van der Waals surface area contributed by atoms with Gasteiger partial charge in [-0.25, -0.2) is 4.39 Å². The quantitative estimate of drug-likeness (QED) is 0.823. The molecule has 2 aromatic rings. The van der Waals surface area contributed by atoms with Gasteiger partial charge in [0.05, 0.1) is 5.41 Å². The fourth-order valence-corrected chi connectivity index (χ4v) is 3.29. The van der Waals surface area contributed by atoms with Gasteiger partial charge in [0.1, 0.15) is 5.82 Å². The van der Waals surface area contributed by atoms with Crippen LogP contribution in [0.25, 0.3) is 0 Å². The minimum Gasteiger partial charge on any atom is -0.351 e. The Balaban J connectivity index is 1.70. The van der Waals surface area contributed by atoms with Gasteiger partial charge in [-0.3, -0.25) is 4.79 Å². The van der Waals surface area contributed by atoms with Crippen LogP contribution >= 0.6 is 27.5 Å². The van der Waals surface area contributed by atoms with E-state index in [1.54, 1.807) is 18.2 Å². The second-order valence-corrected chi connectivity index (χ2v) is 6.83. The first-order chi connectivity index (χ1) is 10.5. The molecule has 1 saturated carbocycles. The van der Waals surface area contributed by atoms with Gasteiger partial charge in [0.25, 0.3) is 0 Å². The molecule has 0 atom stereocenters. The molecule has 2 nitrogen and oxygen atoms in total. The van der Waals surface area contributed by atoms with E-state index in [0.29, 0.717) is 11.6 Å². The summed E-state index contributed by atoms with van der Waals surface area (Å²) < 4.78 is 13.9. The number of halogens is 3. The third kappa shape index (κ3) is 3.03. The predicted molar refractivity (Wildman–Crippen MR) is 88.3 cm³/mol. The Hall–Kier alpha value is -1.39. The third-order valence-corrected chi connectivity index (χ3v) is 4.88. The molecule has 2 aromatic carbocycles. The molecule has 1 fully saturated rings. The average Bonchev–Trinajstić information content (AvgIpc) is 3.28. The Morgan fingerprint density at radius 3 is 2.50 bits per heavy atom. The molecular weight excluding hydrogens is 369 g/mol. The molecule has 0 heterocycles. The molecule has 1 N–H and O–H groups in total. The summed E-state index contributed by atoms with van der Waals surface area (Å²) in [6.07, 6.45) is 1.58. The molecule has 22 heavy (non-hydrogen) atoms. The van der Waals surface area contributed by atoms with Crippen LogP contribution < -0.4 is 5.32 Å². The molecule has 1 aliphatic rings. The summed E-state index contributed by atoms with van der Waals surface area (Å²) in [5.41, 5.74) is 1.23. The minimum absolute atomic E-state index is 0.0295. The van der Waals surface area contributed by atoms with Crippen LogP contribution in [0.2, 0.25) is 5.02 Å². The highest BCUT2D eigenvalue weighted by molar-refractivity contribution is 9.10. The normalized spacial score (nSPS) is 15.4. The largest absolute Gasteiger partial charge is 0.351 e. The third-order valence-electron chi connectivity index (χ3n) is 4.04. The van der Waals surface area contributed by atoms with Crippen LogP contribution in [0.3, 0.4) is 0 Å². The first kappa shape index (κ1) is 15.5. The van der Waals surface area contributed by atoms with Crippen LogP contribution in [0.15, 0.2) is 46.9 Å². The number of hydrogen-bond acceptors (Lipinski definition) is 1. The summed E-state index contributed by atoms with van der Waals surface area (Å²) in [5, 5.41) is 3.55. The van der Waals surface area contributed by atoms with Crippen LogP contribution in [-0.4, -0.2) is 5.91 Å². The van der Waals surface area contributed by atoms with Crippen LogP contribution in [0.1, 0.15) is 24.0 Å². The Bertz CT molecular complexity index is 713. The van der Waals surface area contributed by atoms with Gasteiger partial charge in [-0.05, 0) is 48.2 Å². The number of carbonyl (C=O) groups excluding carboxylic acids is 1. The van der Waals surface area contributed by atoms with Gasteiger partial charge in [-0.15, -0.1) is 0 Å². The molecule has 1 amide bonds. The van der Waals surface area contributed by atoms with E-state index in [9.17, 15) is 9.18 Å². The minimum atomic E-state index is -0.504. The highest BCUT2D eigenvalue weighted by Gasteiger charge is 2.51. The van der Waals surface area contributed by atoms with Crippen molar-refractivity contribution >= 4 is 33.4 Å². The van der Waals surface area contributed by atoms with E-state index >= 15 is 0 Å². The van der Waals surface area contributed by atoms with Crippen molar-refractivity contribution in [1.29, 1.82) is 0 Å². The Kier molecular flexibility index (Phi) is 4.24. The molecule has 0 saturated heterocycles. The van der Waals surface area contributed by atoms with E-state index in [1.807, 2.05) is 12.1 Å².